The summed E-state index contributed by atoms with van der Waals surface area (Å²) in [7, 11) is 0. The summed E-state index contributed by atoms with van der Waals surface area (Å²) in [5.74, 6) is 1.27. The molecular formula is C15H17N3O. The van der Waals surface area contributed by atoms with E-state index in [1.165, 1.54) is 0 Å². The van der Waals surface area contributed by atoms with Crippen LogP contribution in [0.3, 0.4) is 0 Å². The van der Waals surface area contributed by atoms with Crippen LogP contribution in [0, 0.1) is 18.3 Å². The average molecular weight is 255 g/mol. The first-order valence-electron chi connectivity index (χ1n) is 6.17. The molecule has 0 saturated carbocycles. The number of anilines is 1. The van der Waals surface area contributed by atoms with E-state index in [1.54, 1.807) is 6.07 Å². The SMILES string of the molecule is Cc1cc(-c2cc(C#N)c(N)[nH]2)ccc1OC(C)C. The van der Waals surface area contributed by atoms with Crippen molar-refractivity contribution in [2.75, 3.05) is 5.73 Å². The maximum atomic E-state index is 8.91. The van der Waals surface area contributed by atoms with E-state index in [0.29, 0.717) is 11.4 Å². The largest absolute Gasteiger partial charge is 0.491 e. The number of aromatic nitrogens is 1. The number of nitrogen functional groups attached to an aromatic ring is 1. The zero-order chi connectivity index (χ0) is 14.0. The molecule has 4 heteroatoms. The summed E-state index contributed by atoms with van der Waals surface area (Å²) < 4.78 is 5.70. The van der Waals surface area contributed by atoms with Gasteiger partial charge in [0.1, 0.15) is 17.6 Å². The van der Waals surface area contributed by atoms with Crippen molar-refractivity contribution in [3.63, 3.8) is 0 Å². The lowest BCUT2D eigenvalue weighted by molar-refractivity contribution is 0.241. The number of nitrogens with two attached hydrogens (primary N) is 1. The number of H-pyrrole nitrogens is 1. The van der Waals surface area contributed by atoms with E-state index in [9.17, 15) is 0 Å². The third kappa shape index (κ3) is 2.71. The first-order valence-corrected chi connectivity index (χ1v) is 6.17. The zero-order valence-electron chi connectivity index (χ0n) is 11.3. The summed E-state index contributed by atoms with van der Waals surface area (Å²) in [5, 5.41) is 8.91. The number of rotatable bonds is 3. The van der Waals surface area contributed by atoms with Gasteiger partial charge in [0.25, 0.3) is 0 Å². The Morgan fingerprint density at radius 1 is 1.32 bits per heavy atom. The molecule has 2 aromatic rings. The molecule has 0 aliphatic rings. The average Bonchev–Trinajstić information content (AvgIpc) is 2.72. The molecule has 0 fully saturated rings. The molecule has 1 heterocycles. The van der Waals surface area contributed by atoms with Crippen LogP contribution >= 0.6 is 0 Å². The van der Waals surface area contributed by atoms with Gasteiger partial charge in [-0.25, -0.2) is 0 Å². The fraction of sp³-hybridized carbons (Fsp3) is 0.267. The maximum Gasteiger partial charge on any atom is 0.122 e. The highest BCUT2D eigenvalue weighted by molar-refractivity contribution is 5.68. The number of nitrogens with one attached hydrogen (secondary N) is 1. The minimum absolute atomic E-state index is 0.149. The monoisotopic (exact) mass is 255 g/mol. The highest BCUT2D eigenvalue weighted by atomic mass is 16.5. The van der Waals surface area contributed by atoms with Crippen LogP contribution in [-0.4, -0.2) is 11.1 Å². The number of aryl methyl sites for hydroxylation is 1. The first kappa shape index (κ1) is 13.0. The van der Waals surface area contributed by atoms with Crippen LogP contribution in [0.5, 0.6) is 5.75 Å². The molecule has 98 valence electrons. The van der Waals surface area contributed by atoms with Gasteiger partial charge in [-0.05, 0) is 56.2 Å². The number of benzene rings is 1. The molecule has 19 heavy (non-hydrogen) atoms. The van der Waals surface area contributed by atoms with Gasteiger partial charge in [0.15, 0.2) is 0 Å². The summed E-state index contributed by atoms with van der Waals surface area (Å²) in [6, 6.07) is 9.73. The van der Waals surface area contributed by atoms with Gasteiger partial charge in [0.2, 0.25) is 0 Å². The van der Waals surface area contributed by atoms with Crippen molar-refractivity contribution >= 4 is 5.82 Å². The molecule has 1 aromatic heterocycles. The van der Waals surface area contributed by atoms with Crippen LogP contribution in [0.25, 0.3) is 11.3 Å². The lowest BCUT2D eigenvalue weighted by atomic mass is 10.1. The Morgan fingerprint density at radius 3 is 2.58 bits per heavy atom. The van der Waals surface area contributed by atoms with E-state index >= 15 is 0 Å². The number of ether oxygens (including phenoxy) is 1. The van der Waals surface area contributed by atoms with Gasteiger partial charge in [-0.3, -0.25) is 0 Å². The second-order valence-corrected chi connectivity index (χ2v) is 4.77. The third-order valence-electron chi connectivity index (χ3n) is 2.82. The molecule has 0 unspecified atom stereocenters. The predicted octanol–water partition coefficient (Wildman–Crippen LogP) is 3.23. The molecule has 0 atom stereocenters. The molecule has 0 radical (unpaired) electrons. The van der Waals surface area contributed by atoms with Gasteiger partial charge >= 0.3 is 0 Å². The molecule has 0 spiro atoms. The van der Waals surface area contributed by atoms with Gasteiger partial charge in [-0.15, -0.1) is 0 Å². The smallest absolute Gasteiger partial charge is 0.122 e. The quantitative estimate of drug-likeness (QED) is 0.884. The molecule has 0 aliphatic heterocycles. The van der Waals surface area contributed by atoms with E-state index < -0.39 is 0 Å². The molecule has 3 N–H and O–H groups in total. The molecule has 0 saturated heterocycles. The summed E-state index contributed by atoms with van der Waals surface area (Å²) in [5.41, 5.74) is 9.07. The number of aromatic amines is 1. The Kier molecular flexibility index (Phi) is 3.48. The van der Waals surface area contributed by atoms with Gasteiger partial charge in [-0.1, -0.05) is 0 Å². The van der Waals surface area contributed by atoms with Crippen molar-refractivity contribution in [3.05, 3.63) is 35.4 Å². The van der Waals surface area contributed by atoms with Crippen LogP contribution in [0.4, 0.5) is 5.82 Å². The van der Waals surface area contributed by atoms with Gasteiger partial charge < -0.3 is 15.5 Å². The highest BCUT2D eigenvalue weighted by Gasteiger charge is 2.09. The summed E-state index contributed by atoms with van der Waals surface area (Å²) in [6.07, 6.45) is 0.149. The molecule has 0 aliphatic carbocycles. The molecule has 0 bridgehead atoms. The molecule has 2 rings (SSSR count). The lowest BCUT2D eigenvalue weighted by Gasteiger charge is -2.13. The lowest BCUT2D eigenvalue weighted by Crippen LogP contribution is -2.06. The van der Waals surface area contributed by atoms with Crippen molar-refractivity contribution in [1.82, 2.24) is 4.98 Å². The fourth-order valence-electron chi connectivity index (χ4n) is 1.92. The summed E-state index contributed by atoms with van der Waals surface area (Å²) >= 11 is 0. The highest BCUT2D eigenvalue weighted by Crippen LogP contribution is 2.28. The fourth-order valence-corrected chi connectivity index (χ4v) is 1.92. The Bertz CT molecular complexity index is 635. The number of hydrogen-bond acceptors (Lipinski definition) is 3. The normalized spacial score (nSPS) is 10.5. The van der Waals surface area contributed by atoms with Crippen LogP contribution in [0.2, 0.25) is 0 Å². The second kappa shape index (κ2) is 5.07. The van der Waals surface area contributed by atoms with E-state index in [1.807, 2.05) is 39.0 Å². The molecule has 1 aromatic carbocycles. The zero-order valence-corrected chi connectivity index (χ0v) is 11.3. The Labute approximate surface area is 112 Å². The van der Waals surface area contributed by atoms with Crippen molar-refractivity contribution in [1.29, 1.82) is 5.26 Å². The van der Waals surface area contributed by atoms with Crippen molar-refractivity contribution in [3.8, 4) is 23.1 Å². The summed E-state index contributed by atoms with van der Waals surface area (Å²) in [4.78, 5) is 3.01. The van der Waals surface area contributed by atoms with Gasteiger partial charge in [0, 0.05) is 5.69 Å². The Morgan fingerprint density at radius 2 is 2.05 bits per heavy atom. The van der Waals surface area contributed by atoms with Crippen LogP contribution in [0.15, 0.2) is 24.3 Å². The van der Waals surface area contributed by atoms with E-state index in [2.05, 4.69) is 11.1 Å². The van der Waals surface area contributed by atoms with Crippen molar-refractivity contribution in [2.45, 2.75) is 26.9 Å². The van der Waals surface area contributed by atoms with E-state index in [0.717, 1.165) is 22.6 Å². The van der Waals surface area contributed by atoms with E-state index in [-0.39, 0.29) is 6.10 Å². The number of hydrogen-bond donors (Lipinski definition) is 2. The third-order valence-corrected chi connectivity index (χ3v) is 2.82. The topological polar surface area (TPSA) is 74.8 Å². The van der Waals surface area contributed by atoms with Gasteiger partial charge in [-0.2, -0.15) is 5.26 Å². The van der Waals surface area contributed by atoms with Gasteiger partial charge in [0.05, 0.1) is 11.7 Å². The minimum Gasteiger partial charge on any atom is -0.491 e. The number of nitriles is 1. The second-order valence-electron chi connectivity index (χ2n) is 4.77. The van der Waals surface area contributed by atoms with Crippen LogP contribution in [-0.2, 0) is 0 Å². The molecule has 4 nitrogen and oxygen atoms in total. The standard InChI is InChI=1S/C15H17N3O/c1-9(2)19-14-5-4-11(6-10(14)3)13-7-12(8-16)15(17)18-13/h4-7,9,18H,17H2,1-3H3. The first-order chi connectivity index (χ1) is 9.01. The van der Waals surface area contributed by atoms with E-state index in [4.69, 9.17) is 15.7 Å². The molecule has 0 amide bonds. The predicted molar refractivity (Wildman–Crippen MR) is 75.9 cm³/mol. The van der Waals surface area contributed by atoms with Crippen LogP contribution in [0.1, 0.15) is 25.0 Å². The summed E-state index contributed by atoms with van der Waals surface area (Å²) in [6.45, 7) is 6.00. The Balaban J connectivity index is 2.36. The minimum atomic E-state index is 0.149. The van der Waals surface area contributed by atoms with Crippen molar-refractivity contribution < 1.29 is 4.74 Å². The van der Waals surface area contributed by atoms with Crippen molar-refractivity contribution in [2.24, 2.45) is 0 Å². The maximum absolute atomic E-state index is 8.91. The van der Waals surface area contributed by atoms with Crippen LogP contribution < -0.4 is 10.5 Å². The Hall–Kier alpha value is -2.41. The number of nitrogens with zero attached hydrogens (tertiary/aromatic N) is 1. The molecular weight excluding hydrogens is 238 g/mol.